The Morgan fingerprint density at radius 1 is 1.11 bits per heavy atom. The van der Waals surface area contributed by atoms with Gasteiger partial charge in [0.25, 0.3) is 0 Å². The predicted octanol–water partition coefficient (Wildman–Crippen LogP) is 4.97. The maximum atomic E-state index is 14.6. The Balaban J connectivity index is 1.63. The fourth-order valence-corrected chi connectivity index (χ4v) is 6.98. The number of sulfone groups is 1. The first-order chi connectivity index (χ1) is 20.9. The van der Waals surface area contributed by atoms with Crippen LogP contribution in [0.1, 0.15) is 43.5 Å². The van der Waals surface area contributed by atoms with Gasteiger partial charge < -0.3 is 25.8 Å². The van der Waals surface area contributed by atoms with E-state index >= 15 is 0 Å². The quantitative estimate of drug-likeness (QED) is 0.235. The minimum Gasteiger partial charge on any atom is -0.494 e. The van der Waals surface area contributed by atoms with Gasteiger partial charge in [0.05, 0.1) is 29.2 Å². The highest BCUT2D eigenvalue weighted by molar-refractivity contribution is 7.92. The Kier molecular flexibility index (Phi) is 8.46. The molecule has 5 rings (SSSR count). The number of hydrogen-bond donors (Lipinski definition) is 3. The van der Waals surface area contributed by atoms with Crippen LogP contribution in [0.2, 0.25) is 0 Å². The highest BCUT2D eigenvalue weighted by atomic mass is 32.2. The molecule has 12 heteroatoms. The number of ether oxygens (including phenoxy) is 1. The zero-order valence-electron chi connectivity index (χ0n) is 24.4. The van der Waals surface area contributed by atoms with E-state index in [9.17, 15) is 27.5 Å². The first-order valence-corrected chi connectivity index (χ1v) is 15.6. The van der Waals surface area contributed by atoms with Crippen LogP contribution in [0.4, 0.5) is 15.9 Å². The molecule has 4 N–H and O–H groups in total. The number of carboxylic acids is 1. The van der Waals surface area contributed by atoms with Gasteiger partial charge >= 0.3 is 5.97 Å². The van der Waals surface area contributed by atoms with Crippen molar-refractivity contribution in [2.45, 2.75) is 42.5 Å². The number of pyridine rings is 1. The molecule has 1 aromatic heterocycles. The van der Waals surface area contributed by atoms with Gasteiger partial charge in [-0.15, -0.1) is 0 Å². The fourth-order valence-electron chi connectivity index (χ4n) is 5.69. The standard InChI is InChI=1S/C32H33FN4O6S/c1-18(2)44(41,42)27-7-5-4-6-23(27)29-24(32(39)40)13-15-37(29)31(38)28(20-8-11-25(33)26(17-20)43-3)36-21-9-10-22-19(16-21)12-14-35-30(22)34/h4-12,14,16-18,24,28-29,36H,13,15H2,1-3H3,(H2,34,35)(H,39,40)/t24-,28-,29-/m0/s1. The van der Waals surface area contributed by atoms with Gasteiger partial charge in [-0.2, -0.15) is 0 Å². The van der Waals surface area contributed by atoms with Gasteiger partial charge in [-0.3, -0.25) is 9.59 Å². The number of aromatic nitrogens is 1. The number of rotatable bonds is 9. The van der Waals surface area contributed by atoms with Gasteiger partial charge in [-0.05, 0) is 79.2 Å². The Morgan fingerprint density at radius 3 is 2.57 bits per heavy atom. The van der Waals surface area contributed by atoms with E-state index in [1.807, 2.05) is 0 Å². The molecule has 0 bridgehead atoms. The van der Waals surface area contributed by atoms with Gasteiger partial charge in [0.1, 0.15) is 11.9 Å². The lowest BCUT2D eigenvalue weighted by Crippen LogP contribution is -2.40. The molecule has 1 aliphatic heterocycles. The van der Waals surface area contributed by atoms with Gasteiger partial charge in [0, 0.05) is 23.8 Å². The molecule has 1 aliphatic rings. The summed E-state index contributed by atoms with van der Waals surface area (Å²) in [4.78, 5) is 32.5. The Bertz CT molecular complexity index is 1850. The number of hydrogen-bond acceptors (Lipinski definition) is 8. The highest BCUT2D eigenvalue weighted by Gasteiger charge is 2.46. The number of nitrogens with two attached hydrogens (primary N) is 1. The number of carbonyl (C=O) groups excluding carboxylic acids is 1. The molecule has 0 radical (unpaired) electrons. The number of benzene rings is 3. The molecule has 4 aromatic rings. The third kappa shape index (κ3) is 5.64. The zero-order valence-corrected chi connectivity index (χ0v) is 25.2. The Hall–Kier alpha value is -4.71. The second-order valence-corrected chi connectivity index (χ2v) is 13.4. The first-order valence-electron chi connectivity index (χ1n) is 14.0. The molecule has 10 nitrogen and oxygen atoms in total. The number of halogens is 1. The number of aliphatic carboxylic acids is 1. The molecule has 0 saturated carbocycles. The summed E-state index contributed by atoms with van der Waals surface area (Å²) in [7, 11) is -2.51. The average molecular weight is 621 g/mol. The van der Waals surface area contributed by atoms with Crippen LogP contribution in [0, 0.1) is 11.7 Å². The van der Waals surface area contributed by atoms with Crippen LogP contribution in [0.3, 0.4) is 0 Å². The van der Waals surface area contributed by atoms with Crippen molar-refractivity contribution in [3.8, 4) is 5.75 Å². The van der Waals surface area contributed by atoms with E-state index < -0.39 is 50.8 Å². The average Bonchev–Trinajstić information content (AvgIpc) is 3.45. The van der Waals surface area contributed by atoms with Crippen LogP contribution >= 0.6 is 0 Å². The van der Waals surface area contributed by atoms with Crippen molar-refractivity contribution in [3.05, 3.63) is 89.9 Å². The molecular weight excluding hydrogens is 587 g/mol. The van der Waals surface area contributed by atoms with Crippen LogP contribution < -0.4 is 15.8 Å². The van der Waals surface area contributed by atoms with Crippen molar-refractivity contribution in [2.24, 2.45) is 5.92 Å². The van der Waals surface area contributed by atoms with Gasteiger partial charge in [-0.25, -0.2) is 17.8 Å². The molecule has 3 aromatic carbocycles. The largest absolute Gasteiger partial charge is 0.494 e. The summed E-state index contributed by atoms with van der Waals surface area (Å²) in [5.74, 6) is -3.06. The zero-order chi connectivity index (χ0) is 31.8. The smallest absolute Gasteiger partial charge is 0.309 e. The number of anilines is 2. The third-order valence-electron chi connectivity index (χ3n) is 8.02. The first kappa shape index (κ1) is 30.7. The predicted molar refractivity (Wildman–Crippen MR) is 164 cm³/mol. The minimum absolute atomic E-state index is 0.0142. The van der Waals surface area contributed by atoms with E-state index in [4.69, 9.17) is 10.5 Å². The summed E-state index contributed by atoms with van der Waals surface area (Å²) in [6, 6.07) is 15.1. The minimum atomic E-state index is -3.82. The van der Waals surface area contributed by atoms with Crippen LogP contribution in [0.5, 0.6) is 5.75 Å². The molecule has 0 unspecified atom stereocenters. The monoisotopic (exact) mass is 620 g/mol. The van der Waals surface area contributed by atoms with Crippen LogP contribution in [-0.2, 0) is 19.4 Å². The molecule has 230 valence electrons. The van der Waals surface area contributed by atoms with Crippen molar-refractivity contribution < 1.29 is 32.2 Å². The van der Waals surface area contributed by atoms with Crippen LogP contribution in [0.25, 0.3) is 10.8 Å². The van der Waals surface area contributed by atoms with Gasteiger partial charge in [0.15, 0.2) is 21.4 Å². The molecule has 0 spiro atoms. The molecule has 0 aliphatic carbocycles. The summed E-state index contributed by atoms with van der Waals surface area (Å²) in [6.07, 6.45) is 1.68. The summed E-state index contributed by atoms with van der Waals surface area (Å²) < 4.78 is 46.4. The number of carboxylic acid groups (broad SMARTS) is 1. The van der Waals surface area contributed by atoms with Crippen LogP contribution in [0.15, 0.2) is 77.8 Å². The summed E-state index contributed by atoms with van der Waals surface area (Å²) in [5, 5.41) is 14.1. The van der Waals surface area contributed by atoms with E-state index in [-0.39, 0.29) is 29.2 Å². The SMILES string of the molecule is COc1cc([C@H](Nc2ccc3c(N)nccc3c2)C(=O)N2CC[C@H](C(=O)O)[C@@H]2c2ccccc2S(=O)(=O)C(C)C)ccc1F. The van der Waals surface area contributed by atoms with Crippen molar-refractivity contribution >= 4 is 44.0 Å². The third-order valence-corrected chi connectivity index (χ3v) is 10.3. The molecule has 1 fully saturated rings. The number of fused-ring (bicyclic) bond motifs is 1. The molecule has 1 amide bonds. The van der Waals surface area contributed by atoms with E-state index in [1.54, 1.807) is 62.5 Å². The lowest BCUT2D eigenvalue weighted by Gasteiger charge is -2.32. The van der Waals surface area contributed by atoms with Crippen LogP contribution in [-0.4, -0.2) is 54.2 Å². The topological polar surface area (TPSA) is 152 Å². The van der Waals surface area contributed by atoms with Gasteiger partial charge in [-0.1, -0.05) is 24.3 Å². The molecule has 44 heavy (non-hydrogen) atoms. The fraction of sp³-hybridized carbons (Fsp3) is 0.281. The Morgan fingerprint density at radius 2 is 1.86 bits per heavy atom. The van der Waals surface area contributed by atoms with E-state index in [0.29, 0.717) is 17.1 Å². The number of nitrogens with one attached hydrogen (secondary N) is 1. The normalized spacial score (nSPS) is 17.5. The molecular formula is C32H33FN4O6S. The molecule has 2 heterocycles. The maximum Gasteiger partial charge on any atom is 0.309 e. The lowest BCUT2D eigenvalue weighted by molar-refractivity contribution is -0.143. The number of amides is 1. The molecule has 1 saturated heterocycles. The summed E-state index contributed by atoms with van der Waals surface area (Å²) in [6.45, 7) is 3.16. The number of nitrogens with zero attached hydrogens (tertiary/aromatic N) is 2. The lowest BCUT2D eigenvalue weighted by atomic mass is 9.93. The second kappa shape index (κ2) is 12.1. The number of methoxy groups -OCH3 is 1. The van der Waals surface area contributed by atoms with E-state index in [0.717, 1.165) is 10.8 Å². The maximum absolute atomic E-state index is 14.6. The second-order valence-electron chi connectivity index (χ2n) is 10.9. The summed E-state index contributed by atoms with van der Waals surface area (Å²) >= 11 is 0. The van der Waals surface area contributed by atoms with Crippen molar-refractivity contribution in [1.82, 2.24) is 9.88 Å². The van der Waals surface area contributed by atoms with Crippen molar-refractivity contribution in [2.75, 3.05) is 24.7 Å². The van der Waals surface area contributed by atoms with E-state index in [2.05, 4.69) is 10.3 Å². The number of likely N-dealkylation sites (tertiary alicyclic amines) is 1. The number of nitrogen functional groups attached to an aromatic ring is 1. The summed E-state index contributed by atoms with van der Waals surface area (Å²) in [5.41, 5.74) is 7.16. The van der Waals surface area contributed by atoms with Crippen molar-refractivity contribution in [1.29, 1.82) is 0 Å². The Labute approximate surface area is 254 Å². The van der Waals surface area contributed by atoms with Crippen molar-refractivity contribution in [3.63, 3.8) is 0 Å². The number of carbonyl (C=O) groups is 2. The molecule has 3 atom stereocenters. The van der Waals surface area contributed by atoms with Gasteiger partial charge in [0.2, 0.25) is 5.91 Å². The van der Waals surface area contributed by atoms with E-state index in [1.165, 1.54) is 36.3 Å². The highest BCUT2D eigenvalue weighted by Crippen LogP contribution is 2.43.